The number of primary sulfonamides is 1. The Balaban J connectivity index is 0.00000364. The molecule has 1 atom stereocenters. The van der Waals surface area contributed by atoms with E-state index in [1.54, 1.807) is 12.1 Å². The minimum Gasteiger partial charge on any atom is -0.357 e. The number of nitrogens with one attached hydrogen (secondary N) is 2. The highest BCUT2D eigenvalue weighted by Gasteiger charge is 2.25. The first kappa shape index (κ1) is 23.6. The van der Waals surface area contributed by atoms with Gasteiger partial charge in [-0.15, -0.1) is 24.0 Å². The number of hydrogen-bond donors (Lipinski definition) is 3. The third kappa shape index (κ3) is 7.26. The molecule has 0 bridgehead atoms. The van der Waals surface area contributed by atoms with E-state index >= 15 is 0 Å². The van der Waals surface area contributed by atoms with Crippen molar-refractivity contribution in [3.8, 4) is 0 Å². The first-order valence-electron chi connectivity index (χ1n) is 8.77. The lowest BCUT2D eigenvalue weighted by Crippen LogP contribution is -2.45. The minimum absolute atomic E-state index is 0. The second kappa shape index (κ2) is 10.8. The monoisotopic (exact) mass is 509 g/mol. The molecular weight excluding hydrogens is 481 g/mol. The van der Waals surface area contributed by atoms with Gasteiger partial charge in [-0.25, -0.2) is 18.5 Å². The van der Waals surface area contributed by atoms with Crippen LogP contribution in [-0.4, -0.2) is 50.9 Å². The maximum Gasteiger partial charge on any atom is 0.238 e. The molecule has 10 heteroatoms. The van der Waals surface area contributed by atoms with Crippen molar-refractivity contribution in [2.45, 2.75) is 44.2 Å². The predicted octanol–water partition coefficient (Wildman–Crippen LogP) is 1.02. The molecule has 0 saturated carbocycles. The third-order valence-corrected chi connectivity index (χ3v) is 5.09. The van der Waals surface area contributed by atoms with Crippen LogP contribution in [-0.2, 0) is 21.4 Å². The van der Waals surface area contributed by atoms with Crippen molar-refractivity contribution in [3.63, 3.8) is 0 Å². The Morgan fingerprint density at radius 2 is 2.11 bits per heavy atom. The van der Waals surface area contributed by atoms with Gasteiger partial charge in [-0.05, 0) is 31.0 Å². The molecule has 1 saturated heterocycles. The Morgan fingerprint density at radius 3 is 2.74 bits per heavy atom. The Hall–Kier alpha value is -1.40. The summed E-state index contributed by atoms with van der Waals surface area (Å²) in [5.41, 5.74) is 0.753. The zero-order valence-electron chi connectivity index (χ0n) is 15.6. The average Bonchev–Trinajstić information content (AvgIpc) is 3.07. The SMILES string of the molecule is CCNC(=NCc1cccc(S(N)(=O)=O)c1)NC1CCN(C(=O)CC)C1.I. The molecule has 2 rings (SSSR count). The zero-order chi connectivity index (χ0) is 19.2. The molecule has 0 spiro atoms. The third-order valence-electron chi connectivity index (χ3n) is 4.18. The molecule has 1 aliphatic heterocycles. The summed E-state index contributed by atoms with van der Waals surface area (Å²) in [6.45, 7) is 6.28. The van der Waals surface area contributed by atoms with Crippen LogP contribution in [0.5, 0.6) is 0 Å². The van der Waals surface area contributed by atoms with Crippen LogP contribution in [0.25, 0.3) is 0 Å². The van der Waals surface area contributed by atoms with Crippen molar-refractivity contribution in [2.24, 2.45) is 10.1 Å². The van der Waals surface area contributed by atoms with Gasteiger partial charge in [0.2, 0.25) is 15.9 Å². The highest BCUT2D eigenvalue weighted by molar-refractivity contribution is 14.0. The van der Waals surface area contributed by atoms with Gasteiger partial charge in [0.15, 0.2) is 5.96 Å². The van der Waals surface area contributed by atoms with Gasteiger partial charge in [-0.3, -0.25) is 4.79 Å². The molecule has 1 fully saturated rings. The number of aliphatic imine (C=N–C) groups is 1. The van der Waals surface area contributed by atoms with Crippen molar-refractivity contribution >= 4 is 45.9 Å². The Kier molecular flexibility index (Phi) is 9.47. The van der Waals surface area contributed by atoms with Crippen LogP contribution in [0.1, 0.15) is 32.3 Å². The van der Waals surface area contributed by atoms with Gasteiger partial charge in [-0.1, -0.05) is 19.1 Å². The van der Waals surface area contributed by atoms with Crippen molar-refractivity contribution in [3.05, 3.63) is 29.8 Å². The molecule has 27 heavy (non-hydrogen) atoms. The smallest absolute Gasteiger partial charge is 0.238 e. The van der Waals surface area contributed by atoms with Gasteiger partial charge in [-0.2, -0.15) is 0 Å². The van der Waals surface area contributed by atoms with E-state index in [2.05, 4.69) is 15.6 Å². The maximum absolute atomic E-state index is 11.8. The molecule has 0 aliphatic carbocycles. The van der Waals surface area contributed by atoms with E-state index in [0.717, 1.165) is 18.5 Å². The van der Waals surface area contributed by atoms with Crippen molar-refractivity contribution in [1.82, 2.24) is 15.5 Å². The number of sulfonamides is 1. The van der Waals surface area contributed by atoms with Crippen LogP contribution in [0.3, 0.4) is 0 Å². The second-order valence-corrected chi connectivity index (χ2v) is 7.77. The van der Waals surface area contributed by atoms with Crippen molar-refractivity contribution < 1.29 is 13.2 Å². The van der Waals surface area contributed by atoms with Crippen molar-refractivity contribution in [1.29, 1.82) is 0 Å². The fraction of sp³-hybridized carbons (Fsp3) is 0.529. The lowest BCUT2D eigenvalue weighted by atomic mass is 10.2. The summed E-state index contributed by atoms with van der Waals surface area (Å²) in [7, 11) is -3.73. The average molecular weight is 509 g/mol. The van der Waals surface area contributed by atoms with Crippen LogP contribution < -0.4 is 15.8 Å². The topological polar surface area (TPSA) is 117 Å². The number of nitrogens with two attached hydrogens (primary N) is 1. The van der Waals surface area contributed by atoms with E-state index in [1.165, 1.54) is 12.1 Å². The van der Waals surface area contributed by atoms with E-state index in [-0.39, 0.29) is 40.8 Å². The number of benzene rings is 1. The largest absolute Gasteiger partial charge is 0.357 e. The number of nitrogens with zero attached hydrogens (tertiary/aromatic N) is 2. The number of amides is 1. The van der Waals surface area contributed by atoms with E-state index in [0.29, 0.717) is 32.0 Å². The molecule has 8 nitrogen and oxygen atoms in total. The van der Waals surface area contributed by atoms with Gasteiger partial charge in [0, 0.05) is 32.1 Å². The molecule has 152 valence electrons. The summed E-state index contributed by atoms with van der Waals surface area (Å²) < 4.78 is 22.9. The van der Waals surface area contributed by atoms with Gasteiger partial charge >= 0.3 is 0 Å². The van der Waals surface area contributed by atoms with Crippen LogP contribution in [0, 0.1) is 0 Å². The molecule has 4 N–H and O–H groups in total. The molecule has 1 aromatic rings. The molecular formula is C17H28IN5O3S. The molecule has 1 aliphatic rings. The Bertz CT molecular complexity index is 770. The maximum atomic E-state index is 11.8. The van der Waals surface area contributed by atoms with Crippen LogP contribution in [0.2, 0.25) is 0 Å². The highest BCUT2D eigenvalue weighted by atomic mass is 127. The Labute approximate surface area is 178 Å². The summed E-state index contributed by atoms with van der Waals surface area (Å²) in [5.74, 6) is 0.806. The fourth-order valence-corrected chi connectivity index (χ4v) is 3.42. The Morgan fingerprint density at radius 1 is 1.37 bits per heavy atom. The molecule has 1 aromatic carbocycles. The van der Waals surface area contributed by atoms with Gasteiger partial charge in [0.1, 0.15) is 0 Å². The quantitative estimate of drug-likeness (QED) is 0.301. The fourth-order valence-electron chi connectivity index (χ4n) is 2.83. The highest BCUT2D eigenvalue weighted by Crippen LogP contribution is 2.12. The molecule has 1 heterocycles. The summed E-state index contributed by atoms with van der Waals surface area (Å²) in [6, 6.07) is 6.59. The van der Waals surface area contributed by atoms with E-state index < -0.39 is 10.0 Å². The number of guanidine groups is 1. The summed E-state index contributed by atoms with van der Waals surface area (Å²) >= 11 is 0. The van der Waals surface area contributed by atoms with Crippen LogP contribution in [0.4, 0.5) is 0 Å². The lowest BCUT2D eigenvalue weighted by Gasteiger charge is -2.18. The number of carbonyl (C=O) groups excluding carboxylic acids is 1. The number of likely N-dealkylation sites (tertiary alicyclic amines) is 1. The van der Waals surface area contributed by atoms with Gasteiger partial charge < -0.3 is 15.5 Å². The molecule has 1 amide bonds. The standard InChI is InChI=1S/C17H27N5O3S.HI/c1-3-16(23)22-9-8-14(12-22)21-17(19-4-2)20-11-13-6-5-7-15(10-13)26(18,24)25;/h5-7,10,14H,3-4,8-9,11-12H2,1-2H3,(H2,18,24,25)(H2,19,20,21);1H. The normalized spacial score (nSPS) is 17.4. The van der Waals surface area contributed by atoms with Crippen LogP contribution >= 0.6 is 24.0 Å². The first-order chi connectivity index (χ1) is 12.3. The summed E-state index contributed by atoms with van der Waals surface area (Å²) in [5, 5.41) is 11.7. The molecule has 1 unspecified atom stereocenters. The number of carbonyl (C=O) groups is 1. The summed E-state index contributed by atoms with van der Waals surface area (Å²) in [4.78, 5) is 18.2. The number of hydrogen-bond acceptors (Lipinski definition) is 4. The zero-order valence-corrected chi connectivity index (χ0v) is 18.8. The predicted molar refractivity (Wildman–Crippen MR) is 116 cm³/mol. The number of halogens is 1. The van der Waals surface area contributed by atoms with E-state index in [4.69, 9.17) is 5.14 Å². The van der Waals surface area contributed by atoms with E-state index in [1.807, 2.05) is 18.7 Å². The van der Waals surface area contributed by atoms with Crippen molar-refractivity contribution in [2.75, 3.05) is 19.6 Å². The second-order valence-electron chi connectivity index (χ2n) is 6.21. The molecule has 0 aromatic heterocycles. The lowest BCUT2D eigenvalue weighted by molar-refractivity contribution is -0.129. The minimum atomic E-state index is -3.73. The van der Waals surface area contributed by atoms with Gasteiger partial charge in [0.05, 0.1) is 11.4 Å². The van der Waals surface area contributed by atoms with Gasteiger partial charge in [0.25, 0.3) is 0 Å². The molecule has 0 radical (unpaired) electrons. The number of rotatable bonds is 6. The summed E-state index contributed by atoms with van der Waals surface area (Å²) in [6.07, 6.45) is 1.39. The van der Waals surface area contributed by atoms with Crippen LogP contribution in [0.15, 0.2) is 34.2 Å². The van der Waals surface area contributed by atoms with E-state index in [9.17, 15) is 13.2 Å². The first-order valence-corrected chi connectivity index (χ1v) is 10.3.